The summed E-state index contributed by atoms with van der Waals surface area (Å²) in [6.45, 7) is 13.4. The summed E-state index contributed by atoms with van der Waals surface area (Å²) in [5.41, 5.74) is 0. The zero-order chi connectivity index (χ0) is 10.6. The topological polar surface area (TPSA) is 12.5 Å². The molecule has 0 N–H and O–H groups in total. The van der Waals surface area contributed by atoms with Crippen LogP contribution in [0.15, 0.2) is 0 Å². The highest BCUT2D eigenvalue weighted by molar-refractivity contribution is 4.77. The first-order valence-corrected chi connectivity index (χ1v) is 5.93. The molecule has 0 spiro atoms. The van der Waals surface area contributed by atoms with Gasteiger partial charge in [-0.05, 0) is 18.3 Å². The van der Waals surface area contributed by atoms with E-state index in [0.717, 1.165) is 44.2 Å². The maximum atomic E-state index is 5.39. The van der Waals surface area contributed by atoms with E-state index < -0.39 is 0 Å². The van der Waals surface area contributed by atoms with E-state index in [-0.39, 0.29) is 0 Å². The Bertz CT molecular complexity index is 150. The molecule has 2 nitrogen and oxygen atoms in total. The van der Waals surface area contributed by atoms with E-state index in [1.54, 1.807) is 0 Å². The van der Waals surface area contributed by atoms with Crippen LogP contribution >= 0.6 is 0 Å². The first-order valence-electron chi connectivity index (χ1n) is 5.93. The summed E-state index contributed by atoms with van der Waals surface area (Å²) in [5.74, 6) is 1.56. The van der Waals surface area contributed by atoms with Gasteiger partial charge in [0.2, 0.25) is 0 Å². The van der Waals surface area contributed by atoms with Gasteiger partial charge in [-0.3, -0.25) is 4.90 Å². The number of ether oxygens (including phenoxy) is 1. The minimum atomic E-state index is 0.749. The third-order valence-corrected chi connectivity index (χ3v) is 3.00. The maximum absolute atomic E-state index is 5.39. The summed E-state index contributed by atoms with van der Waals surface area (Å²) in [7, 11) is 0. The number of hydrogen-bond acceptors (Lipinski definition) is 2. The fraction of sp³-hybridized carbons (Fsp3) is 1.00. The Morgan fingerprint density at radius 2 is 1.64 bits per heavy atom. The molecular weight excluding hydrogens is 174 g/mol. The predicted molar refractivity (Wildman–Crippen MR) is 60.5 cm³/mol. The van der Waals surface area contributed by atoms with Crippen molar-refractivity contribution >= 4 is 0 Å². The molecule has 0 aliphatic carbocycles. The molecule has 1 aliphatic heterocycles. The highest BCUT2D eigenvalue weighted by atomic mass is 16.5. The molecule has 84 valence electrons. The largest absolute Gasteiger partial charge is 0.379 e. The summed E-state index contributed by atoms with van der Waals surface area (Å²) in [6.07, 6.45) is 1.32. The van der Waals surface area contributed by atoms with Crippen molar-refractivity contribution < 1.29 is 4.74 Å². The van der Waals surface area contributed by atoms with Crippen molar-refractivity contribution in [1.29, 1.82) is 0 Å². The third-order valence-electron chi connectivity index (χ3n) is 3.00. The van der Waals surface area contributed by atoms with Crippen LogP contribution in [0.4, 0.5) is 0 Å². The molecule has 1 atom stereocenters. The first kappa shape index (κ1) is 12.0. The molecule has 0 radical (unpaired) electrons. The fourth-order valence-corrected chi connectivity index (χ4v) is 2.23. The molecule has 1 fully saturated rings. The Morgan fingerprint density at radius 3 is 2.07 bits per heavy atom. The molecular formula is C12H25NO. The van der Waals surface area contributed by atoms with Gasteiger partial charge in [-0.25, -0.2) is 0 Å². The molecule has 1 unspecified atom stereocenters. The number of hydrogen-bond donors (Lipinski definition) is 0. The van der Waals surface area contributed by atoms with Gasteiger partial charge in [0.05, 0.1) is 13.2 Å². The number of nitrogens with zero attached hydrogens (tertiary/aromatic N) is 1. The molecule has 0 aromatic rings. The van der Waals surface area contributed by atoms with Crippen LogP contribution in [0.25, 0.3) is 0 Å². The molecule has 1 saturated heterocycles. The van der Waals surface area contributed by atoms with Crippen molar-refractivity contribution in [2.75, 3.05) is 26.3 Å². The molecule has 1 heterocycles. The molecule has 1 rings (SSSR count). The lowest BCUT2D eigenvalue weighted by Crippen LogP contribution is -2.46. The Kier molecular flexibility index (Phi) is 4.90. The van der Waals surface area contributed by atoms with E-state index in [4.69, 9.17) is 4.74 Å². The second-order valence-electron chi connectivity index (χ2n) is 5.09. The van der Waals surface area contributed by atoms with Gasteiger partial charge in [-0.15, -0.1) is 0 Å². The number of rotatable bonds is 4. The SMILES string of the molecule is CC(C)CC(C(C)C)N1CCOCC1. The second kappa shape index (κ2) is 5.72. The lowest BCUT2D eigenvalue weighted by atomic mass is 9.93. The number of morpholine rings is 1. The van der Waals surface area contributed by atoms with E-state index in [0.29, 0.717) is 0 Å². The lowest BCUT2D eigenvalue weighted by molar-refractivity contribution is 0.00121. The average molecular weight is 199 g/mol. The molecule has 1 aliphatic rings. The molecule has 14 heavy (non-hydrogen) atoms. The van der Waals surface area contributed by atoms with Crippen molar-refractivity contribution in [3.05, 3.63) is 0 Å². The highest BCUT2D eigenvalue weighted by Gasteiger charge is 2.24. The van der Waals surface area contributed by atoms with E-state index in [1.807, 2.05) is 0 Å². The van der Waals surface area contributed by atoms with Crippen LogP contribution in [0.3, 0.4) is 0 Å². The van der Waals surface area contributed by atoms with Crippen molar-refractivity contribution in [3.63, 3.8) is 0 Å². The van der Waals surface area contributed by atoms with Gasteiger partial charge in [-0.1, -0.05) is 27.7 Å². The summed E-state index contributed by atoms with van der Waals surface area (Å²) >= 11 is 0. The van der Waals surface area contributed by atoms with E-state index >= 15 is 0 Å². The molecule has 0 saturated carbocycles. The van der Waals surface area contributed by atoms with Crippen molar-refractivity contribution in [1.82, 2.24) is 4.90 Å². The van der Waals surface area contributed by atoms with Crippen molar-refractivity contribution in [2.45, 2.75) is 40.2 Å². The van der Waals surface area contributed by atoms with Crippen molar-refractivity contribution in [3.8, 4) is 0 Å². The molecule has 2 heteroatoms. The van der Waals surface area contributed by atoms with Crippen LogP contribution in [0.2, 0.25) is 0 Å². The summed E-state index contributed by atoms with van der Waals surface area (Å²) < 4.78 is 5.39. The zero-order valence-electron chi connectivity index (χ0n) is 10.1. The second-order valence-corrected chi connectivity index (χ2v) is 5.09. The van der Waals surface area contributed by atoms with Gasteiger partial charge in [0.15, 0.2) is 0 Å². The molecule has 0 aromatic heterocycles. The van der Waals surface area contributed by atoms with Gasteiger partial charge >= 0.3 is 0 Å². The smallest absolute Gasteiger partial charge is 0.0594 e. The van der Waals surface area contributed by atoms with Crippen LogP contribution < -0.4 is 0 Å². The quantitative estimate of drug-likeness (QED) is 0.689. The summed E-state index contributed by atoms with van der Waals surface area (Å²) in [4.78, 5) is 2.61. The average Bonchev–Trinajstić information content (AvgIpc) is 2.15. The van der Waals surface area contributed by atoms with Gasteiger partial charge in [0.1, 0.15) is 0 Å². The minimum Gasteiger partial charge on any atom is -0.379 e. The molecule has 0 bridgehead atoms. The van der Waals surface area contributed by atoms with E-state index in [9.17, 15) is 0 Å². The highest BCUT2D eigenvalue weighted by Crippen LogP contribution is 2.20. The van der Waals surface area contributed by atoms with Gasteiger partial charge in [-0.2, -0.15) is 0 Å². The Labute approximate surface area is 88.6 Å². The maximum Gasteiger partial charge on any atom is 0.0594 e. The van der Waals surface area contributed by atoms with E-state index in [1.165, 1.54) is 6.42 Å². The summed E-state index contributed by atoms with van der Waals surface area (Å²) in [6, 6.07) is 0.749. The minimum absolute atomic E-state index is 0.749. The normalized spacial score (nSPS) is 21.9. The first-order chi connectivity index (χ1) is 6.61. The fourth-order valence-electron chi connectivity index (χ4n) is 2.23. The predicted octanol–water partition coefficient (Wildman–Crippen LogP) is 2.39. The Hall–Kier alpha value is -0.0800. The molecule has 0 aromatic carbocycles. The Balaban J connectivity index is 2.47. The van der Waals surface area contributed by atoms with Crippen molar-refractivity contribution in [2.24, 2.45) is 11.8 Å². The van der Waals surface area contributed by atoms with Crippen LogP contribution in [0, 0.1) is 11.8 Å². The molecule has 0 amide bonds. The monoisotopic (exact) mass is 199 g/mol. The van der Waals surface area contributed by atoms with Gasteiger partial charge in [0, 0.05) is 19.1 Å². The lowest BCUT2D eigenvalue weighted by Gasteiger charge is -2.37. The van der Waals surface area contributed by atoms with Crippen LogP contribution in [-0.2, 0) is 4.74 Å². The van der Waals surface area contributed by atoms with Crippen LogP contribution in [0.1, 0.15) is 34.1 Å². The van der Waals surface area contributed by atoms with Crippen LogP contribution in [-0.4, -0.2) is 37.2 Å². The summed E-state index contributed by atoms with van der Waals surface area (Å²) in [5, 5.41) is 0. The Morgan fingerprint density at radius 1 is 1.07 bits per heavy atom. The zero-order valence-corrected chi connectivity index (χ0v) is 10.1. The standard InChI is InChI=1S/C12H25NO/c1-10(2)9-12(11(3)4)13-5-7-14-8-6-13/h10-12H,5-9H2,1-4H3. The van der Waals surface area contributed by atoms with Gasteiger partial charge in [0.25, 0.3) is 0 Å². The van der Waals surface area contributed by atoms with Gasteiger partial charge < -0.3 is 4.74 Å². The third kappa shape index (κ3) is 3.58. The van der Waals surface area contributed by atoms with Crippen LogP contribution in [0.5, 0.6) is 0 Å². The van der Waals surface area contributed by atoms with E-state index in [2.05, 4.69) is 32.6 Å².